The highest BCUT2D eigenvalue weighted by Crippen LogP contribution is 2.31. The van der Waals surface area contributed by atoms with E-state index in [9.17, 15) is 14.4 Å². The molecule has 2 rings (SSSR count). The van der Waals surface area contributed by atoms with E-state index in [0.717, 1.165) is 0 Å². The summed E-state index contributed by atoms with van der Waals surface area (Å²) in [7, 11) is 0. The number of thioether (sulfide) groups is 1. The molecular weight excluding hydrogens is 268 g/mol. The first-order chi connectivity index (χ1) is 8.97. The molecule has 0 unspecified atom stereocenters. The summed E-state index contributed by atoms with van der Waals surface area (Å²) in [5, 5.41) is 7.59. The fourth-order valence-electron chi connectivity index (χ4n) is 1.57. The summed E-state index contributed by atoms with van der Waals surface area (Å²) in [4.78, 5) is 33.4. The normalized spacial score (nSPS) is 13.0. The first-order valence-corrected chi connectivity index (χ1v) is 6.22. The quantitative estimate of drug-likeness (QED) is 0.655. The smallest absolute Gasteiger partial charge is 0.383 e. The molecule has 0 aromatic heterocycles. The number of ketones is 1. The minimum Gasteiger partial charge on any atom is -0.488 e. The fraction of sp³-hybridized carbons (Fsp3) is 0.154. The molecular formula is C13H10O5S. The molecule has 5 nitrogen and oxygen atoms in total. The van der Waals surface area contributed by atoms with Crippen molar-refractivity contribution >= 4 is 34.7 Å². The second kappa shape index (κ2) is 5.27. The lowest BCUT2D eigenvalue weighted by Crippen LogP contribution is -2.12. The number of carbonyl (C=O) groups excluding carboxylic acids is 2. The molecule has 0 amide bonds. The molecule has 1 N–H and O–H groups in total. The number of hydrogen-bond acceptors (Lipinski definition) is 5. The Labute approximate surface area is 113 Å². The van der Waals surface area contributed by atoms with Crippen molar-refractivity contribution in [1.82, 2.24) is 0 Å². The van der Waals surface area contributed by atoms with Crippen LogP contribution in [0.1, 0.15) is 12.5 Å². The van der Waals surface area contributed by atoms with Gasteiger partial charge in [-0.1, -0.05) is 0 Å². The third-order valence-electron chi connectivity index (χ3n) is 2.53. The number of fused-ring (bicyclic) bond motifs is 1. The Bertz CT molecular complexity index is 603. The van der Waals surface area contributed by atoms with E-state index in [4.69, 9.17) is 9.84 Å². The second-order valence-corrected chi connectivity index (χ2v) is 4.96. The molecule has 1 aromatic rings. The maximum Gasteiger partial charge on any atom is 0.383 e. The average Bonchev–Trinajstić information content (AvgIpc) is 2.37. The van der Waals surface area contributed by atoms with Crippen molar-refractivity contribution in [3.8, 4) is 5.75 Å². The van der Waals surface area contributed by atoms with Gasteiger partial charge in [-0.05, 0) is 43.0 Å². The number of rotatable bonds is 2. The van der Waals surface area contributed by atoms with Crippen LogP contribution in [-0.2, 0) is 14.4 Å². The van der Waals surface area contributed by atoms with Crippen LogP contribution in [0, 0.1) is 0 Å². The molecule has 1 aromatic carbocycles. The van der Waals surface area contributed by atoms with Crippen LogP contribution in [0.3, 0.4) is 0 Å². The van der Waals surface area contributed by atoms with Gasteiger partial charge in [0.05, 0.1) is 0 Å². The number of hydrogen-bond donors (Lipinski definition) is 1. The molecule has 1 aliphatic heterocycles. The van der Waals surface area contributed by atoms with E-state index < -0.39 is 11.1 Å². The molecule has 6 heteroatoms. The molecule has 98 valence electrons. The van der Waals surface area contributed by atoms with E-state index in [1.54, 1.807) is 24.3 Å². The summed E-state index contributed by atoms with van der Waals surface area (Å²) in [6, 6.07) is 4.89. The van der Waals surface area contributed by atoms with Crippen molar-refractivity contribution in [1.29, 1.82) is 0 Å². The molecule has 0 atom stereocenters. The van der Waals surface area contributed by atoms with E-state index >= 15 is 0 Å². The van der Waals surface area contributed by atoms with Crippen molar-refractivity contribution in [2.75, 3.05) is 6.61 Å². The number of carbonyl (C=O) groups is 3. The SMILES string of the molecule is CC(=O)C1=Cc2cc(SC(=O)C(=O)O)ccc2OC1. The van der Waals surface area contributed by atoms with Gasteiger partial charge >= 0.3 is 11.1 Å². The number of carboxylic acids is 1. The zero-order chi connectivity index (χ0) is 14.0. The van der Waals surface area contributed by atoms with Crippen molar-refractivity contribution in [2.45, 2.75) is 11.8 Å². The average molecular weight is 278 g/mol. The standard InChI is InChI=1S/C13H10O5S/c1-7(14)9-4-8-5-10(19-13(17)12(15)16)2-3-11(8)18-6-9/h2-5H,6H2,1H3,(H,15,16). The van der Waals surface area contributed by atoms with Gasteiger partial charge in [0.1, 0.15) is 12.4 Å². The van der Waals surface area contributed by atoms with Crippen LogP contribution >= 0.6 is 11.8 Å². The highest BCUT2D eigenvalue weighted by atomic mass is 32.2. The Morgan fingerprint density at radius 3 is 2.68 bits per heavy atom. The van der Waals surface area contributed by atoms with Crippen molar-refractivity contribution in [2.24, 2.45) is 0 Å². The van der Waals surface area contributed by atoms with Crippen molar-refractivity contribution < 1.29 is 24.2 Å². The summed E-state index contributed by atoms with van der Waals surface area (Å²) in [5.41, 5.74) is 1.21. The van der Waals surface area contributed by atoms with Crippen LogP contribution in [0.4, 0.5) is 0 Å². The summed E-state index contributed by atoms with van der Waals surface area (Å²) < 4.78 is 5.41. The third kappa shape index (κ3) is 3.03. The molecule has 0 radical (unpaired) electrons. The number of benzene rings is 1. The highest BCUT2D eigenvalue weighted by Gasteiger charge is 2.17. The van der Waals surface area contributed by atoms with Crippen LogP contribution in [0.15, 0.2) is 28.7 Å². The molecule has 0 fully saturated rings. The lowest BCUT2D eigenvalue weighted by atomic mass is 10.1. The Morgan fingerprint density at radius 2 is 2.05 bits per heavy atom. The van der Waals surface area contributed by atoms with E-state index in [2.05, 4.69) is 0 Å². The predicted molar refractivity (Wildman–Crippen MR) is 69.1 cm³/mol. The van der Waals surface area contributed by atoms with Crippen LogP contribution in [0.5, 0.6) is 5.75 Å². The van der Waals surface area contributed by atoms with Crippen LogP contribution in [0.2, 0.25) is 0 Å². The molecule has 0 bridgehead atoms. The number of carboxylic acid groups (broad SMARTS) is 1. The molecule has 0 aliphatic carbocycles. The lowest BCUT2D eigenvalue weighted by Gasteiger charge is -2.16. The van der Waals surface area contributed by atoms with Crippen molar-refractivity contribution in [3.05, 3.63) is 29.3 Å². The summed E-state index contributed by atoms with van der Waals surface area (Å²) in [5.74, 6) is -0.957. The van der Waals surface area contributed by atoms with Crippen molar-refractivity contribution in [3.63, 3.8) is 0 Å². The van der Waals surface area contributed by atoms with Crippen LogP contribution < -0.4 is 4.74 Å². The zero-order valence-electron chi connectivity index (χ0n) is 10.0. The first-order valence-electron chi connectivity index (χ1n) is 5.41. The molecule has 1 aliphatic rings. The van der Waals surface area contributed by atoms with Gasteiger partial charge in [0.2, 0.25) is 0 Å². The van der Waals surface area contributed by atoms with Gasteiger partial charge in [-0.15, -0.1) is 0 Å². The maximum absolute atomic E-state index is 11.3. The van der Waals surface area contributed by atoms with E-state index in [1.165, 1.54) is 6.92 Å². The Hall–Kier alpha value is -2.08. The summed E-state index contributed by atoms with van der Waals surface area (Å²) in [6.45, 7) is 1.68. The maximum atomic E-state index is 11.3. The largest absolute Gasteiger partial charge is 0.488 e. The highest BCUT2D eigenvalue weighted by molar-refractivity contribution is 8.15. The van der Waals surface area contributed by atoms with Gasteiger partial charge in [0.15, 0.2) is 5.78 Å². The van der Waals surface area contributed by atoms with E-state index in [0.29, 0.717) is 33.5 Å². The molecule has 19 heavy (non-hydrogen) atoms. The monoisotopic (exact) mass is 278 g/mol. The topological polar surface area (TPSA) is 80.7 Å². The summed E-state index contributed by atoms with van der Waals surface area (Å²) in [6.07, 6.45) is 1.69. The van der Waals surface area contributed by atoms with Gasteiger partial charge < -0.3 is 9.84 Å². The fourth-order valence-corrected chi connectivity index (χ4v) is 2.20. The van der Waals surface area contributed by atoms with E-state index in [-0.39, 0.29) is 12.4 Å². The Kier molecular flexibility index (Phi) is 3.71. The zero-order valence-corrected chi connectivity index (χ0v) is 10.8. The third-order valence-corrected chi connectivity index (χ3v) is 3.38. The molecule has 0 spiro atoms. The Morgan fingerprint density at radius 1 is 1.32 bits per heavy atom. The first kappa shape index (κ1) is 13.4. The molecule has 0 saturated carbocycles. The Balaban J connectivity index is 2.29. The lowest BCUT2D eigenvalue weighted by molar-refractivity contribution is -0.144. The number of aliphatic carboxylic acids is 1. The molecule has 0 saturated heterocycles. The number of ether oxygens (including phenoxy) is 1. The minimum absolute atomic E-state index is 0.0784. The van der Waals surface area contributed by atoms with Crippen LogP contribution in [0.25, 0.3) is 6.08 Å². The summed E-state index contributed by atoms with van der Waals surface area (Å²) >= 11 is 0.626. The number of Topliss-reactive ketones (excluding diaryl/α,β-unsaturated/α-hetero) is 1. The second-order valence-electron chi connectivity index (χ2n) is 3.91. The van der Waals surface area contributed by atoms with Gasteiger partial charge in [-0.25, -0.2) is 4.79 Å². The van der Waals surface area contributed by atoms with Gasteiger partial charge in [0, 0.05) is 16.0 Å². The van der Waals surface area contributed by atoms with Gasteiger partial charge in [-0.3, -0.25) is 9.59 Å². The minimum atomic E-state index is -1.49. The van der Waals surface area contributed by atoms with E-state index in [1.807, 2.05) is 0 Å². The van der Waals surface area contributed by atoms with Gasteiger partial charge in [0.25, 0.3) is 0 Å². The predicted octanol–water partition coefficient (Wildman–Crippen LogP) is 1.75. The van der Waals surface area contributed by atoms with Gasteiger partial charge in [-0.2, -0.15) is 0 Å². The molecule has 1 heterocycles. The van der Waals surface area contributed by atoms with Crippen LogP contribution in [-0.4, -0.2) is 28.6 Å².